The van der Waals surface area contributed by atoms with E-state index in [1.54, 1.807) is 43.9 Å². The molecule has 3 aromatic rings. The van der Waals surface area contributed by atoms with Crippen LogP contribution in [0.25, 0.3) is 0 Å². The molecule has 0 spiro atoms. The first kappa shape index (κ1) is 23.7. The lowest BCUT2D eigenvalue weighted by Gasteiger charge is -2.19. The zero-order valence-corrected chi connectivity index (χ0v) is 20.2. The number of fused-ring (bicyclic) bond motifs is 1. The van der Waals surface area contributed by atoms with Gasteiger partial charge in [-0.2, -0.15) is 4.31 Å². The van der Waals surface area contributed by atoms with Gasteiger partial charge in [0.2, 0.25) is 10.0 Å². The van der Waals surface area contributed by atoms with Gasteiger partial charge in [0, 0.05) is 36.6 Å². The minimum absolute atomic E-state index is 0.0919. The number of carbonyl (C=O) groups excluding carboxylic acids is 2. The van der Waals surface area contributed by atoms with E-state index < -0.39 is 15.9 Å². The molecule has 0 saturated heterocycles. The van der Waals surface area contributed by atoms with Crippen LogP contribution < -0.4 is 10.2 Å². The van der Waals surface area contributed by atoms with Crippen molar-refractivity contribution < 1.29 is 22.4 Å². The van der Waals surface area contributed by atoms with Crippen molar-refractivity contribution in [2.24, 2.45) is 0 Å². The molecule has 0 unspecified atom stereocenters. The molecular formula is C25H27N3O5S. The monoisotopic (exact) mass is 481 g/mol. The number of anilines is 2. The first-order chi connectivity index (χ1) is 16.3. The molecule has 1 aliphatic rings. The maximum absolute atomic E-state index is 13.1. The molecule has 1 aliphatic heterocycles. The van der Waals surface area contributed by atoms with E-state index in [1.807, 2.05) is 12.1 Å². The highest BCUT2D eigenvalue weighted by atomic mass is 32.2. The zero-order valence-electron chi connectivity index (χ0n) is 19.4. The predicted octanol–water partition coefficient (Wildman–Crippen LogP) is 4.07. The van der Waals surface area contributed by atoms with Gasteiger partial charge in [-0.1, -0.05) is 19.9 Å². The predicted molar refractivity (Wildman–Crippen MR) is 130 cm³/mol. The van der Waals surface area contributed by atoms with Gasteiger partial charge in [0.15, 0.2) is 0 Å². The second-order valence-electron chi connectivity index (χ2n) is 8.08. The fourth-order valence-corrected chi connectivity index (χ4v) is 5.63. The van der Waals surface area contributed by atoms with Crippen molar-refractivity contribution in [3.63, 3.8) is 0 Å². The van der Waals surface area contributed by atoms with Crippen molar-refractivity contribution in [1.82, 2.24) is 4.31 Å². The van der Waals surface area contributed by atoms with E-state index >= 15 is 0 Å². The van der Waals surface area contributed by atoms with E-state index in [0.29, 0.717) is 48.4 Å². The summed E-state index contributed by atoms with van der Waals surface area (Å²) in [5.74, 6) is -0.524. The standard InChI is InChI=1S/C25H27N3O5S/c1-4-27(5-2)34(31,32)21-8-6-17(3)22(15-21)24(29)26-20-7-9-23-18(14-20)10-12-28(23)25(30)19-11-13-33-16-19/h6-9,11,13-16H,4-5,10,12H2,1-3H3,(H,26,29). The number of aryl methyl sites for hydroxylation is 1. The van der Waals surface area contributed by atoms with E-state index in [-0.39, 0.29) is 10.8 Å². The summed E-state index contributed by atoms with van der Waals surface area (Å²) in [5.41, 5.74) is 3.79. The Morgan fingerprint density at radius 3 is 2.53 bits per heavy atom. The molecule has 0 aliphatic carbocycles. The number of sulfonamides is 1. The van der Waals surface area contributed by atoms with Gasteiger partial charge in [-0.15, -0.1) is 0 Å². The van der Waals surface area contributed by atoms with Gasteiger partial charge in [-0.05, 0) is 60.9 Å². The SMILES string of the molecule is CCN(CC)S(=O)(=O)c1ccc(C)c(C(=O)Nc2ccc3c(c2)CCN3C(=O)c2ccoc2)c1. The van der Waals surface area contributed by atoms with Crippen molar-refractivity contribution in [2.45, 2.75) is 32.1 Å². The molecule has 1 N–H and O–H groups in total. The van der Waals surface area contributed by atoms with Gasteiger partial charge >= 0.3 is 0 Å². The van der Waals surface area contributed by atoms with Crippen LogP contribution in [-0.4, -0.2) is 44.2 Å². The second-order valence-corrected chi connectivity index (χ2v) is 10.0. The molecule has 0 saturated carbocycles. The van der Waals surface area contributed by atoms with Crippen LogP contribution in [0.15, 0.2) is 64.3 Å². The Labute approximate surface area is 199 Å². The van der Waals surface area contributed by atoms with Crippen LogP contribution in [-0.2, 0) is 16.4 Å². The lowest BCUT2D eigenvalue weighted by atomic mass is 10.1. The summed E-state index contributed by atoms with van der Waals surface area (Å²) in [6.07, 6.45) is 3.55. The van der Waals surface area contributed by atoms with Gasteiger partial charge in [0.25, 0.3) is 11.8 Å². The average molecular weight is 482 g/mol. The summed E-state index contributed by atoms with van der Waals surface area (Å²) >= 11 is 0. The number of carbonyl (C=O) groups is 2. The number of nitrogens with zero attached hydrogens (tertiary/aromatic N) is 2. The molecule has 0 fully saturated rings. The number of amides is 2. The minimum Gasteiger partial charge on any atom is -0.472 e. The molecule has 9 heteroatoms. The third-order valence-electron chi connectivity index (χ3n) is 6.04. The van der Waals surface area contributed by atoms with Gasteiger partial charge in [-0.25, -0.2) is 8.42 Å². The third kappa shape index (κ3) is 4.36. The van der Waals surface area contributed by atoms with Gasteiger partial charge in [-0.3, -0.25) is 9.59 Å². The lowest BCUT2D eigenvalue weighted by Crippen LogP contribution is -2.30. The van der Waals surface area contributed by atoms with Crippen LogP contribution >= 0.6 is 0 Å². The minimum atomic E-state index is -3.68. The molecule has 8 nitrogen and oxygen atoms in total. The Bertz CT molecular complexity index is 1330. The lowest BCUT2D eigenvalue weighted by molar-refractivity contribution is 0.0986. The van der Waals surface area contributed by atoms with Crippen molar-refractivity contribution >= 4 is 33.2 Å². The van der Waals surface area contributed by atoms with Crippen molar-refractivity contribution in [2.75, 3.05) is 29.9 Å². The van der Waals surface area contributed by atoms with E-state index in [4.69, 9.17) is 4.42 Å². The number of benzene rings is 2. The van der Waals surface area contributed by atoms with Crippen LogP contribution in [0.3, 0.4) is 0 Å². The topological polar surface area (TPSA) is 99.9 Å². The molecule has 1 aromatic heterocycles. The summed E-state index contributed by atoms with van der Waals surface area (Å²) in [5, 5.41) is 2.87. The van der Waals surface area contributed by atoms with E-state index in [2.05, 4.69) is 5.32 Å². The molecule has 2 aromatic carbocycles. The van der Waals surface area contributed by atoms with Crippen LogP contribution in [0.4, 0.5) is 11.4 Å². The third-order valence-corrected chi connectivity index (χ3v) is 8.09. The molecule has 0 bridgehead atoms. The van der Waals surface area contributed by atoms with Crippen LogP contribution in [0, 0.1) is 6.92 Å². The summed E-state index contributed by atoms with van der Waals surface area (Å²) in [6, 6.07) is 11.6. The van der Waals surface area contributed by atoms with Crippen LogP contribution in [0.1, 0.15) is 45.7 Å². The highest BCUT2D eigenvalue weighted by molar-refractivity contribution is 7.89. The number of rotatable bonds is 7. The normalized spacial score (nSPS) is 13.2. The van der Waals surface area contributed by atoms with E-state index in [0.717, 1.165) is 11.3 Å². The summed E-state index contributed by atoms with van der Waals surface area (Å²) in [7, 11) is -3.68. The molecule has 0 atom stereocenters. The molecule has 34 heavy (non-hydrogen) atoms. The summed E-state index contributed by atoms with van der Waals surface area (Å²) in [6.45, 7) is 6.57. The Hall–Kier alpha value is -3.43. The van der Waals surface area contributed by atoms with Crippen LogP contribution in [0.2, 0.25) is 0 Å². The van der Waals surface area contributed by atoms with Crippen molar-refractivity contribution in [3.8, 4) is 0 Å². The Balaban J connectivity index is 1.56. The van der Waals surface area contributed by atoms with Gasteiger partial charge in [0.1, 0.15) is 6.26 Å². The second kappa shape index (κ2) is 9.44. The number of hydrogen-bond acceptors (Lipinski definition) is 5. The van der Waals surface area contributed by atoms with Crippen LogP contribution in [0.5, 0.6) is 0 Å². The highest BCUT2D eigenvalue weighted by Crippen LogP contribution is 2.32. The highest BCUT2D eigenvalue weighted by Gasteiger charge is 2.27. The molecule has 178 valence electrons. The number of nitrogens with one attached hydrogen (secondary N) is 1. The smallest absolute Gasteiger partial charge is 0.261 e. The summed E-state index contributed by atoms with van der Waals surface area (Å²) in [4.78, 5) is 27.5. The Morgan fingerprint density at radius 1 is 1.09 bits per heavy atom. The molecule has 0 radical (unpaired) electrons. The Kier molecular flexibility index (Phi) is 6.58. The summed E-state index contributed by atoms with van der Waals surface area (Å²) < 4.78 is 32.2. The van der Waals surface area contributed by atoms with Gasteiger partial charge < -0.3 is 14.6 Å². The van der Waals surface area contributed by atoms with E-state index in [1.165, 1.54) is 29.0 Å². The van der Waals surface area contributed by atoms with Crippen molar-refractivity contribution in [1.29, 1.82) is 0 Å². The quantitative estimate of drug-likeness (QED) is 0.548. The molecule has 4 rings (SSSR count). The van der Waals surface area contributed by atoms with E-state index in [9.17, 15) is 18.0 Å². The van der Waals surface area contributed by atoms with Gasteiger partial charge in [0.05, 0.1) is 16.7 Å². The number of furan rings is 1. The first-order valence-electron chi connectivity index (χ1n) is 11.2. The maximum atomic E-state index is 13.1. The molecule has 2 amide bonds. The van der Waals surface area contributed by atoms with Crippen molar-refractivity contribution in [3.05, 3.63) is 77.2 Å². The number of hydrogen-bond donors (Lipinski definition) is 1. The fourth-order valence-electron chi connectivity index (χ4n) is 4.15. The maximum Gasteiger partial charge on any atom is 0.261 e. The fraction of sp³-hybridized carbons (Fsp3) is 0.280. The zero-order chi connectivity index (χ0) is 24.5. The Morgan fingerprint density at radius 2 is 1.85 bits per heavy atom. The largest absolute Gasteiger partial charge is 0.472 e. The first-order valence-corrected chi connectivity index (χ1v) is 12.6. The molecule has 2 heterocycles. The molecular weight excluding hydrogens is 454 g/mol. The average Bonchev–Trinajstić information content (AvgIpc) is 3.49.